The van der Waals surface area contributed by atoms with Crippen LogP contribution in [0.5, 0.6) is 0 Å². The Kier molecular flexibility index (Phi) is 3.94. The Labute approximate surface area is 186 Å². The van der Waals surface area contributed by atoms with Crippen molar-refractivity contribution < 1.29 is 12.8 Å². The summed E-state index contributed by atoms with van der Waals surface area (Å²) < 4.78 is 52.1. The van der Waals surface area contributed by atoms with Crippen molar-refractivity contribution in [1.29, 1.82) is 0 Å². The van der Waals surface area contributed by atoms with E-state index in [1.165, 1.54) is 0 Å². The van der Waals surface area contributed by atoms with Crippen molar-refractivity contribution in [3.63, 3.8) is 0 Å². The average molecular weight is 390 g/mol. The molecule has 0 spiro atoms. The number of aromatic nitrogens is 1. The Hall–Kier alpha value is -2.35. The molecule has 0 amide bonds. The van der Waals surface area contributed by atoms with E-state index in [0.29, 0.717) is 5.46 Å². The summed E-state index contributed by atoms with van der Waals surface area (Å²) in [5, 5.41) is 0. The number of rotatable bonds is 3. The third-order valence-corrected chi connectivity index (χ3v) is 5.38. The van der Waals surface area contributed by atoms with Crippen LogP contribution in [0.3, 0.4) is 0 Å². The molecule has 0 aliphatic rings. The number of aryl methyl sites for hydroxylation is 2. The van der Waals surface area contributed by atoms with Crippen LogP contribution in [-0.4, -0.2) is 6.71 Å². The van der Waals surface area contributed by atoms with Gasteiger partial charge in [-0.25, -0.2) is 4.57 Å². The van der Waals surface area contributed by atoms with Crippen molar-refractivity contribution in [2.45, 2.75) is 66.2 Å². The summed E-state index contributed by atoms with van der Waals surface area (Å²) >= 11 is 0. The fourth-order valence-electron chi connectivity index (χ4n) is 4.07. The summed E-state index contributed by atoms with van der Waals surface area (Å²) in [6.07, 6.45) is 1.98. The zero-order chi connectivity index (χ0) is 26.4. The minimum absolute atomic E-state index is 0.0733. The summed E-state index contributed by atoms with van der Waals surface area (Å²) in [6.45, 7) is 7.05. The van der Waals surface area contributed by atoms with E-state index in [1.807, 2.05) is 42.6 Å². The van der Waals surface area contributed by atoms with Crippen LogP contribution in [0.2, 0.25) is 0 Å². The van der Waals surface area contributed by atoms with Crippen LogP contribution in [-0.2, 0) is 11.0 Å². The second-order valence-electron chi connectivity index (χ2n) is 9.70. The van der Waals surface area contributed by atoms with E-state index in [2.05, 4.69) is 52.2 Å². The lowest BCUT2D eigenvalue weighted by Crippen LogP contribution is -2.71. The lowest BCUT2D eigenvalue weighted by atomic mass is 9.35. The number of hydrogen-bond acceptors (Lipinski definition) is 0. The minimum Gasteiger partial charge on any atom is -0.207 e. The lowest BCUT2D eigenvalue weighted by molar-refractivity contribution is -0.738. The third-order valence-electron chi connectivity index (χ3n) is 5.38. The van der Waals surface area contributed by atoms with E-state index in [9.17, 15) is 0 Å². The first-order valence-electron chi connectivity index (χ1n) is 13.2. The molecule has 0 fully saturated rings. The number of pyridine rings is 1. The second-order valence-corrected chi connectivity index (χ2v) is 9.70. The van der Waals surface area contributed by atoms with Crippen LogP contribution in [0.15, 0.2) is 66.9 Å². The van der Waals surface area contributed by atoms with Crippen LogP contribution in [0.4, 0.5) is 0 Å². The van der Waals surface area contributed by atoms with E-state index in [0.717, 1.165) is 16.6 Å². The van der Waals surface area contributed by atoms with Gasteiger partial charge in [0.05, 0.1) is 0 Å². The lowest BCUT2D eigenvalue weighted by Gasteiger charge is -2.28. The van der Waals surface area contributed by atoms with Gasteiger partial charge in [-0.3, -0.25) is 0 Å². The van der Waals surface area contributed by atoms with Gasteiger partial charge in [0.15, 0.2) is 11.7 Å². The second kappa shape index (κ2) is 7.82. The van der Waals surface area contributed by atoms with Gasteiger partial charge in [-0.05, 0) is 30.7 Å². The fourth-order valence-corrected chi connectivity index (χ4v) is 4.07. The quantitative estimate of drug-likeness (QED) is 0.467. The highest BCUT2D eigenvalue weighted by molar-refractivity contribution is 6.95. The highest BCUT2D eigenvalue weighted by Crippen LogP contribution is 2.21. The van der Waals surface area contributed by atoms with Crippen molar-refractivity contribution in [3.05, 3.63) is 83.6 Å². The summed E-state index contributed by atoms with van der Waals surface area (Å²) in [5.41, 5.74) is 2.73. The first-order valence-corrected chi connectivity index (χ1v) is 10.2. The molecule has 0 N–H and O–H groups in total. The number of hydrogen-bond donors (Lipinski definition) is 0. The molecule has 1 aromatic heterocycles. The van der Waals surface area contributed by atoms with E-state index < -0.39 is 20.4 Å². The number of benzene rings is 2. The molecule has 0 radical (unpaired) electrons. The summed E-state index contributed by atoms with van der Waals surface area (Å²) in [6, 6.07) is 18.5. The zero-order valence-electron chi connectivity index (χ0n) is 24.4. The van der Waals surface area contributed by atoms with Gasteiger partial charge in [0.1, 0.15) is 5.59 Å². The third kappa shape index (κ3) is 4.32. The van der Waals surface area contributed by atoms with Crippen molar-refractivity contribution >= 4 is 23.2 Å². The molecule has 0 bridgehead atoms. The van der Waals surface area contributed by atoms with E-state index in [4.69, 9.17) is 8.22 Å². The van der Waals surface area contributed by atoms with Gasteiger partial charge >= 0.3 is 6.71 Å². The van der Waals surface area contributed by atoms with E-state index in [-0.39, 0.29) is 22.1 Å². The molecular formula is C27H35BN+. The maximum atomic E-state index is 8.33. The average Bonchev–Trinajstić information content (AvgIpc) is 2.72. The highest BCUT2D eigenvalue weighted by Gasteiger charge is 2.38. The van der Waals surface area contributed by atoms with E-state index in [1.54, 1.807) is 18.2 Å². The van der Waals surface area contributed by atoms with Crippen LogP contribution < -0.4 is 21.1 Å². The molecule has 1 heterocycles. The Morgan fingerprint density at radius 2 is 1.38 bits per heavy atom. The molecule has 2 heteroatoms. The fraction of sp³-hybridized carbons (Fsp3) is 0.370. The van der Waals surface area contributed by atoms with Crippen LogP contribution in [0.25, 0.3) is 0 Å². The van der Waals surface area contributed by atoms with Crippen LogP contribution in [0.1, 0.15) is 66.5 Å². The smallest absolute Gasteiger partial charge is 0.207 e. The van der Waals surface area contributed by atoms with Crippen LogP contribution in [0, 0.1) is 13.7 Å². The highest BCUT2D eigenvalue weighted by atomic mass is 15.0. The first kappa shape index (κ1) is 14.6. The topological polar surface area (TPSA) is 3.88 Å². The first-order chi connectivity index (χ1) is 15.9. The molecule has 0 unspecified atom stereocenters. The monoisotopic (exact) mass is 390 g/mol. The van der Waals surface area contributed by atoms with Gasteiger partial charge in [0, 0.05) is 35.1 Å². The standard InChI is InChI=1S/C27H35BN/c1-20-14-13-15-21(2)25(20)28(23-17-10-9-16-22(23)26(3,4)5)24-18-11-12-19-29(24)27(6,7)8/h9-19H,1-8H3/q+1/i1D3,2D3. The van der Waals surface area contributed by atoms with Crippen molar-refractivity contribution in [2.24, 2.45) is 0 Å². The van der Waals surface area contributed by atoms with Crippen molar-refractivity contribution in [1.82, 2.24) is 0 Å². The molecule has 0 atom stereocenters. The molecule has 3 aromatic rings. The molecule has 1 nitrogen and oxygen atoms in total. The molecule has 150 valence electrons. The largest absolute Gasteiger partial charge is 0.326 e. The Balaban J connectivity index is 2.60. The summed E-state index contributed by atoms with van der Waals surface area (Å²) in [4.78, 5) is 0. The van der Waals surface area contributed by atoms with Gasteiger partial charge in [0.2, 0.25) is 0 Å². The van der Waals surface area contributed by atoms with E-state index >= 15 is 0 Å². The Morgan fingerprint density at radius 3 is 1.97 bits per heavy atom. The summed E-state index contributed by atoms with van der Waals surface area (Å²) in [5.74, 6) is 0. The van der Waals surface area contributed by atoms with Gasteiger partial charge < -0.3 is 0 Å². The molecule has 0 aliphatic heterocycles. The molecule has 0 aliphatic carbocycles. The molecule has 0 saturated heterocycles. The van der Waals surface area contributed by atoms with Crippen LogP contribution >= 0.6 is 0 Å². The van der Waals surface area contributed by atoms with Crippen molar-refractivity contribution in [2.75, 3.05) is 0 Å². The predicted molar refractivity (Wildman–Crippen MR) is 127 cm³/mol. The van der Waals surface area contributed by atoms with Gasteiger partial charge in [-0.2, -0.15) is 0 Å². The Bertz CT molecular complexity index is 1110. The molecule has 2 aromatic carbocycles. The zero-order valence-corrected chi connectivity index (χ0v) is 18.4. The predicted octanol–water partition coefficient (Wildman–Crippen LogP) is 4.16. The minimum atomic E-state index is -2.48. The maximum Gasteiger partial charge on any atom is 0.326 e. The molecular weight excluding hydrogens is 349 g/mol. The van der Waals surface area contributed by atoms with Gasteiger partial charge in [0.25, 0.3) is 0 Å². The normalized spacial score (nSPS) is 16.1. The summed E-state index contributed by atoms with van der Waals surface area (Å²) in [7, 11) is 0. The van der Waals surface area contributed by atoms with Gasteiger partial charge in [-0.1, -0.05) is 91.4 Å². The molecule has 0 saturated carbocycles. The molecule has 29 heavy (non-hydrogen) atoms. The SMILES string of the molecule is [2H]C([2H])([2H])c1cccc(C([2H])([2H])[2H])c1B(c1ccccc1C(C)(C)C)c1cccc[n+]1C(C)(C)C. The molecule has 3 rings (SSSR count). The number of nitrogens with zero attached hydrogens (tertiary/aromatic N) is 1. The Morgan fingerprint density at radius 1 is 0.759 bits per heavy atom. The van der Waals surface area contributed by atoms with Crippen molar-refractivity contribution in [3.8, 4) is 0 Å². The maximum absolute atomic E-state index is 8.33. The van der Waals surface area contributed by atoms with Gasteiger partial charge in [-0.15, -0.1) is 0 Å².